The van der Waals surface area contributed by atoms with Crippen LogP contribution in [0.2, 0.25) is 0 Å². The second-order valence-corrected chi connectivity index (χ2v) is 9.27. The SMILES string of the molecule is COC(=O)c1ccccc1N1C(=O)[C@@H]2[C@H]3C[C@@H]([C@@H]4C(c5ccc(OC)cc5OC)=NO[C@H]34)[C@@H]2C1=O. The molecule has 9 heteroatoms. The molecule has 6 atom stereocenters. The summed E-state index contributed by atoms with van der Waals surface area (Å²) in [6.45, 7) is 0. The van der Waals surface area contributed by atoms with Crippen molar-refractivity contribution in [3.63, 3.8) is 0 Å². The molecule has 180 valence electrons. The number of para-hydroxylation sites is 1. The Balaban J connectivity index is 1.36. The lowest BCUT2D eigenvalue weighted by atomic mass is 9.71. The number of ether oxygens (including phenoxy) is 3. The van der Waals surface area contributed by atoms with E-state index in [4.69, 9.17) is 19.0 Å². The van der Waals surface area contributed by atoms with Crippen molar-refractivity contribution in [3.8, 4) is 11.5 Å². The van der Waals surface area contributed by atoms with E-state index in [1.54, 1.807) is 44.6 Å². The fourth-order valence-corrected chi connectivity index (χ4v) is 6.55. The first-order valence-corrected chi connectivity index (χ1v) is 11.5. The summed E-state index contributed by atoms with van der Waals surface area (Å²) in [7, 11) is 4.44. The van der Waals surface area contributed by atoms with Crippen LogP contribution < -0.4 is 14.4 Å². The highest BCUT2D eigenvalue weighted by atomic mass is 16.6. The molecule has 1 saturated heterocycles. The van der Waals surface area contributed by atoms with E-state index in [9.17, 15) is 14.4 Å². The number of methoxy groups -OCH3 is 3. The van der Waals surface area contributed by atoms with E-state index >= 15 is 0 Å². The number of carbonyl (C=O) groups excluding carboxylic acids is 3. The Kier molecular flexibility index (Phi) is 4.84. The minimum atomic E-state index is -0.595. The van der Waals surface area contributed by atoms with E-state index in [-0.39, 0.29) is 46.9 Å². The van der Waals surface area contributed by atoms with Gasteiger partial charge in [0.1, 0.15) is 17.6 Å². The molecule has 2 aliphatic heterocycles. The Morgan fingerprint density at radius 2 is 1.71 bits per heavy atom. The largest absolute Gasteiger partial charge is 0.497 e. The molecule has 35 heavy (non-hydrogen) atoms. The van der Waals surface area contributed by atoms with Gasteiger partial charge in [0, 0.05) is 23.5 Å². The maximum Gasteiger partial charge on any atom is 0.339 e. The fraction of sp³-hybridized carbons (Fsp3) is 0.385. The zero-order valence-electron chi connectivity index (χ0n) is 19.5. The Hall–Kier alpha value is -3.88. The molecule has 0 unspecified atom stereocenters. The molecule has 2 aliphatic carbocycles. The normalized spacial score (nSPS) is 30.0. The predicted molar refractivity (Wildman–Crippen MR) is 123 cm³/mol. The monoisotopic (exact) mass is 476 g/mol. The number of oxime groups is 1. The molecule has 3 fully saturated rings. The van der Waals surface area contributed by atoms with E-state index in [1.807, 2.05) is 12.1 Å². The number of benzene rings is 2. The second kappa shape index (κ2) is 7.83. The van der Waals surface area contributed by atoms with Gasteiger partial charge in [-0.25, -0.2) is 9.69 Å². The van der Waals surface area contributed by atoms with Crippen molar-refractivity contribution < 1.29 is 33.4 Å². The van der Waals surface area contributed by atoms with E-state index in [2.05, 4.69) is 5.16 Å². The average molecular weight is 476 g/mol. The number of anilines is 1. The third-order valence-corrected chi connectivity index (χ3v) is 7.93. The van der Waals surface area contributed by atoms with Gasteiger partial charge in [0.25, 0.3) is 0 Å². The van der Waals surface area contributed by atoms with E-state index < -0.39 is 17.8 Å². The summed E-state index contributed by atoms with van der Waals surface area (Å²) >= 11 is 0. The summed E-state index contributed by atoms with van der Waals surface area (Å²) < 4.78 is 15.8. The van der Waals surface area contributed by atoms with Crippen molar-refractivity contribution in [2.24, 2.45) is 34.7 Å². The quantitative estimate of drug-likeness (QED) is 0.483. The predicted octanol–water partition coefficient (Wildman–Crippen LogP) is 2.67. The first-order chi connectivity index (χ1) is 17.0. The summed E-state index contributed by atoms with van der Waals surface area (Å²) in [5, 5.41) is 4.40. The molecule has 2 aromatic rings. The van der Waals surface area contributed by atoms with Crippen LogP contribution in [0.15, 0.2) is 47.6 Å². The fourth-order valence-electron chi connectivity index (χ4n) is 6.55. The number of amides is 2. The van der Waals surface area contributed by atoms with Gasteiger partial charge in [-0.15, -0.1) is 0 Å². The van der Waals surface area contributed by atoms with Crippen LogP contribution in [0.4, 0.5) is 5.69 Å². The standard InChI is InChI=1S/C26H24N2O7/c1-32-12-8-9-14(18(10-12)33-2)22-21-15-11-16(23(21)35-27-22)20-19(15)24(29)28(25(20)30)17-7-5-4-6-13(17)26(31)34-3/h4-10,15-16,19-21,23H,11H2,1-3H3/t15-,16-,19+,20-,21-,23-/m1/s1. The van der Waals surface area contributed by atoms with Crippen molar-refractivity contribution in [1.82, 2.24) is 0 Å². The van der Waals surface area contributed by atoms with Crippen LogP contribution in [-0.2, 0) is 19.2 Å². The minimum Gasteiger partial charge on any atom is -0.497 e. The topological polar surface area (TPSA) is 104 Å². The van der Waals surface area contributed by atoms with E-state index in [0.717, 1.165) is 11.3 Å². The number of nitrogens with zero attached hydrogens (tertiary/aromatic N) is 2. The highest BCUT2D eigenvalue weighted by Crippen LogP contribution is 2.62. The number of imide groups is 1. The number of hydrogen-bond donors (Lipinski definition) is 0. The zero-order valence-corrected chi connectivity index (χ0v) is 19.5. The molecule has 0 aromatic heterocycles. The Bertz CT molecular complexity index is 1290. The molecule has 0 N–H and O–H groups in total. The summed E-state index contributed by atoms with van der Waals surface area (Å²) in [5.41, 5.74) is 1.97. The molecule has 2 amide bonds. The molecule has 9 nitrogen and oxygen atoms in total. The molecule has 0 radical (unpaired) electrons. The number of rotatable bonds is 5. The first-order valence-electron chi connectivity index (χ1n) is 11.5. The third kappa shape index (κ3) is 2.87. The average Bonchev–Trinajstić information content (AvgIpc) is 3.63. The van der Waals surface area contributed by atoms with Gasteiger partial charge in [0.05, 0.1) is 50.1 Å². The van der Waals surface area contributed by atoms with Gasteiger partial charge < -0.3 is 19.0 Å². The van der Waals surface area contributed by atoms with Crippen LogP contribution in [0.1, 0.15) is 22.3 Å². The molecule has 4 aliphatic rings. The zero-order chi connectivity index (χ0) is 24.4. The van der Waals surface area contributed by atoms with Crippen LogP contribution in [0.3, 0.4) is 0 Å². The number of esters is 1. The van der Waals surface area contributed by atoms with Crippen LogP contribution in [0.25, 0.3) is 0 Å². The number of carbonyl (C=O) groups is 3. The third-order valence-electron chi connectivity index (χ3n) is 7.93. The molecule has 6 rings (SSSR count). The smallest absolute Gasteiger partial charge is 0.339 e. The van der Waals surface area contributed by atoms with Crippen molar-refractivity contribution in [2.75, 3.05) is 26.2 Å². The van der Waals surface area contributed by atoms with Gasteiger partial charge in [-0.05, 0) is 36.6 Å². The van der Waals surface area contributed by atoms with Crippen LogP contribution in [0.5, 0.6) is 11.5 Å². The van der Waals surface area contributed by atoms with Gasteiger partial charge in [-0.3, -0.25) is 9.59 Å². The van der Waals surface area contributed by atoms with Crippen molar-refractivity contribution in [3.05, 3.63) is 53.6 Å². The molecule has 2 saturated carbocycles. The Morgan fingerprint density at radius 1 is 0.971 bits per heavy atom. The molecule has 2 bridgehead atoms. The Labute approximate surface area is 201 Å². The van der Waals surface area contributed by atoms with Crippen molar-refractivity contribution in [1.29, 1.82) is 0 Å². The van der Waals surface area contributed by atoms with Gasteiger partial charge in [0.2, 0.25) is 11.8 Å². The lowest BCUT2D eigenvalue weighted by molar-refractivity contribution is -0.125. The van der Waals surface area contributed by atoms with Gasteiger partial charge in [-0.1, -0.05) is 17.3 Å². The molecular formula is C26H24N2O7. The summed E-state index contributed by atoms with van der Waals surface area (Å²) in [4.78, 5) is 46.7. The van der Waals surface area contributed by atoms with Crippen molar-refractivity contribution in [2.45, 2.75) is 12.5 Å². The number of hydrogen-bond acceptors (Lipinski definition) is 8. The van der Waals surface area contributed by atoms with Crippen LogP contribution >= 0.6 is 0 Å². The maximum absolute atomic E-state index is 13.7. The van der Waals surface area contributed by atoms with Gasteiger partial charge in [-0.2, -0.15) is 0 Å². The maximum atomic E-state index is 13.7. The lowest BCUT2D eigenvalue weighted by Gasteiger charge is -2.30. The highest BCUT2D eigenvalue weighted by Gasteiger charge is 2.70. The van der Waals surface area contributed by atoms with Gasteiger partial charge in [0.15, 0.2) is 0 Å². The molecule has 2 heterocycles. The molecule has 0 spiro atoms. The van der Waals surface area contributed by atoms with Crippen LogP contribution in [-0.4, -0.2) is 50.9 Å². The van der Waals surface area contributed by atoms with Crippen LogP contribution in [0, 0.1) is 29.6 Å². The summed E-state index contributed by atoms with van der Waals surface area (Å²) in [5.74, 6) is -1.25. The summed E-state index contributed by atoms with van der Waals surface area (Å²) in [6, 6.07) is 12.0. The van der Waals surface area contributed by atoms with E-state index in [1.165, 1.54) is 12.0 Å². The van der Waals surface area contributed by atoms with Gasteiger partial charge >= 0.3 is 5.97 Å². The van der Waals surface area contributed by atoms with E-state index in [0.29, 0.717) is 17.9 Å². The van der Waals surface area contributed by atoms with Crippen molar-refractivity contribution >= 4 is 29.2 Å². The lowest BCUT2D eigenvalue weighted by Crippen LogP contribution is -2.41. The number of fused-ring (bicyclic) bond motifs is 8. The highest BCUT2D eigenvalue weighted by molar-refractivity contribution is 6.24. The second-order valence-electron chi connectivity index (χ2n) is 9.27. The molecular weight excluding hydrogens is 452 g/mol. The Morgan fingerprint density at radius 3 is 2.43 bits per heavy atom. The summed E-state index contributed by atoms with van der Waals surface area (Å²) in [6.07, 6.45) is 0.433. The molecule has 2 aromatic carbocycles. The minimum absolute atomic E-state index is 0.102. The first kappa shape index (κ1) is 21.6.